The fourth-order valence-corrected chi connectivity index (χ4v) is 1.70. The summed E-state index contributed by atoms with van der Waals surface area (Å²) in [5.41, 5.74) is 6.75. The predicted octanol–water partition coefficient (Wildman–Crippen LogP) is 2.26. The summed E-state index contributed by atoms with van der Waals surface area (Å²) in [5, 5.41) is 0. The van der Waals surface area contributed by atoms with Gasteiger partial charge in [0.25, 0.3) is 0 Å². The SMILES string of the molecule is C=CCn1c(CN)cnc1CCCCC. The van der Waals surface area contributed by atoms with E-state index in [9.17, 15) is 0 Å². The van der Waals surface area contributed by atoms with Crippen molar-refractivity contribution in [3.63, 3.8) is 0 Å². The van der Waals surface area contributed by atoms with E-state index in [1.54, 1.807) is 0 Å². The third kappa shape index (κ3) is 3.20. The van der Waals surface area contributed by atoms with Gasteiger partial charge < -0.3 is 10.3 Å². The number of nitrogens with two attached hydrogens (primary N) is 1. The largest absolute Gasteiger partial charge is 0.327 e. The van der Waals surface area contributed by atoms with Crippen LogP contribution in [0, 0.1) is 0 Å². The highest BCUT2D eigenvalue weighted by Gasteiger charge is 2.06. The minimum absolute atomic E-state index is 0.550. The molecule has 0 aliphatic rings. The summed E-state index contributed by atoms with van der Waals surface area (Å²) in [5.74, 6) is 1.14. The number of hydrogen-bond donors (Lipinski definition) is 1. The molecule has 0 unspecified atom stereocenters. The standard InChI is InChI=1S/C12H21N3/c1-3-5-6-7-12-14-10-11(9-13)15(12)8-4-2/h4,10H,2-3,5-9,13H2,1H3. The van der Waals surface area contributed by atoms with Gasteiger partial charge in [-0.15, -0.1) is 6.58 Å². The molecule has 2 N–H and O–H groups in total. The van der Waals surface area contributed by atoms with E-state index in [-0.39, 0.29) is 0 Å². The Morgan fingerprint density at radius 1 is 1.53 bits per heavy atom. The van der Waals surface area contributed by atoms with Crippen LogP contribution in [0.3, 0.4) is 0 Å². The lowest BCUT2D eigenvalue weighted by Gasteiger charge is -2.08. The van der Waals surface area contributed by atoms with Crippen LogP contribution in [-0.4, -0.2) is 9.55 Å². The molecule has 0 atom stereocenters. The molecule has 0 aliphatic heterocycles. The Hall–Kier alpha value is -1.09. The third-order valence-electron chi connectivity index (χ3n) is 2.55. The second-order valence-electron chi connectivity index (χ2n) is 3.73. The number of allylic oxidation sites excluding steroid dienone is 1. The number of rotatable bonds is 7. The Balaban J connectivity index is 2.68. The van der Waals surface area contributed by atoms with E-state index < -0.39 is 0 Å². The lowest BCUT2D eigenvalue weighted by molar-refractivity contribution is 0.642. The van der Waals surface area contributed by atoms with E-state index in [2.05, 4.69) is 23.1 Å². The molecule has 3 heteroatoms. The van der Waals surface area contributed by atoms with E-state index in [4.69, 9.17) is 5.73 Å². The van der Waals surface area contributed by atoms with E-state index in [0.717, 1.165) is 24.5 Å². The molecule has 1 rings (SSSR count). The summed E-state index contributed by atoms with van der Waals surface area (Å²) in [6, 6.07) is 0. The maximum Gasteiger partial charge on any atom is 0.109 e. The second kappa shape index (κ2) is 6.40. The molecule has 0 saturated carbocycles. The Morgan fingerprint density at radius 3 is 2.93 bits per heavy atom. The van der Waals surface area contributed by atoms with E-state index >= 15 is 0 Å². The van der Waals surface area contributed by atoms with Gasteiger partial charge in [-0.1, -0.05) is 25.8 Å². The molecular weight excluding hydrogens is 186 g/mol. The van der Waals surface area contributed by atoms with Gasteiger partial charge in [0.05, 0.1) is 5.69 Å². The number of imidazole rings is 1. The molecule has 0 radical (unpaired) electrons. The summed E-state index contributed by atoms with van der Waals surface area (Å²) >= 11 is 0. The van der Waals surface area contributed by atoms with Crippen molar-refractivity contribution < 1.29 is 0 Å². The molecule has 3 nitrogen and oxygen atoms in total. The Kier molecular flexibility index (Phi) is 5.12. The Bertz CT molecular complexity index is 302. The molecule has 0 amide bonds. The van der Waals surface area contributed by atoms with Crippen molar-refractivity contribution in [1.29, 1.82) is 0 Å². The van der Waals surface area contributed by atoms with E-state index in [1.807, 2.05) is 12.3 Å². The van der Waals surface area contributed by atoms with Gasteiger partial charge in [0.15, 0.2) is 0 Å². The molecule has 15 heavy (non-hydrogen) atoms. The normalized spacial score (nSPS) is 10.5. The molecule has 1 heterocycles. The van der Waals surface area contributed by atoms with Gasteiger partial charge in [-0.25, -0.2) is 4.98 Å². The first-order valence-corrected chi connectivity index (χ1v) is 5.67. The summed E-state index contributed by atoms with van der Waals surface area (Å²) in [4.78, 5) is 4.41. The summed E-state index contributed by atoms with van der Waals surface area (Å²) < 4.78 is 2.17. The molecule has 0 bridgehead atoms. The zero-order valence-corrected chi connectivity index (χ0v) is 9.58. The molecule has 0 fully saturated rings. The van der Waals surface area contributed by atoms with Crippen LogP contribution < -0.4 is 5.73 Å². The van der Waals surface area contributed by atoms with Crippen molar-refractivity contribution in [3.05, 3.63) is 30.4 Å². The van der Waals surface area contributed by atoms with E-state index in [0.29, 0.717) is 6.54 Å². The highest BCUT2D eigenvalue weighted by Crippen LogP contribution is 2.09. The topological polar surface area (TPSA) is 43.8 Å². The van der Waals surface area contributed by atoms with Crippen molar-refractivity contribution >= 4 is 0 Å². The molecule has 1 aromatic heterocycles. The first-order valence-electron chi connectivity index (χ1n) is 5.67. The Labute approximate surface area is 92.0 Å². The van der Waals surface area contributed by atoms with Gasteiger partial charge in [-0.2, -0.15) is 0 Å². The highest BCUT2D eigenvalue weighted by molar-refractivity contribution is 5.06. The minimum Gasteiger partial charge on any atom is -0.327 e. The van der Waals surface area contributed by atoms with Crippen LogP contribution >= 0.6 is 0 Å². The van der Waals surface area contributed by atoms with Crippen LogP contribution in [0.15, 0.2) is 18.9 Å². The first-order chi connectivity index (χ1) is 7.33. The van der Waals surface area contributed by atoms with E-state index in [1.165, 1.54) is 19.3 Å². The number of nitrogens with zero attached hydrogens (tertiary/aromatic N) is 2. The van der Waals surface area contributed by atoms with Crippen LogP contribution in [0.4, 0.5) is 0 Å². The zero-order chi connectivity index (χ0) is 11.1. The third-order valence-corrected chi connectivity index (χ3v) is 2.55. The summed E-state index contributed by atoms with van der Waals surface area (Å²) in [6.07, 6.45) is 8.52. The monoisotopic (exact) mass is 207 g/mol. The van der Waals surface area contributed by atoms with Gasteiger partial charge in [0.1, 0.15) is 5.82 Å². The van der Waals surface area contributed by atoms with Gasteiger partial charge in [0, 0.05) is 25.7 Å². The lowest BCUT2D eigenvalue weighted by Crippen LogP contribution is -2.09. The molecule has 84 valence electrons. The molecule has 0 saturated heterocycles. The highest BCUT2D eigenvalue weighted by atomic mass is 15.1. The minimum atomic E-state index is 0.550. The van der Waals surface area contributed by atoms with Gasteiger partial charge in [-0.3, -0.25) is 0 Å². The smallest absolute Gasteiger partial charge is 0.109 e. The van der Waals surface area contributed by atoms with Crippen molar-refractivity contribution in [2.45, 2.75) is 45.7 Å². The number of aryl methyl sites for hydroxylation is 1. The molecule has 0 aromatic carbocycles. The van der Waals surface area contributed by atoms with Crippen molar-refractivity contribution in [2.24, 2.45) is 5.73 Å². The summed E-state index contributed by atoms with van der Waals surface area (Å²) in [7, 11) is 0. The average molecular weight is 207 g/mol. The molecular formula is C12H21N3. The van der Waals surface area contributed by atoms with Crippen LogP contribution in [0.1, 0.15) is 37.7 Å². The molecule has 1 aromatic rings. The zero-order valence-electron chi connectivity index (χ0n) is 9.58. The Morgan fingerprint density at radius 2 is 2.33 bits per heavy atom. The summed E-state index contributed by atoms with van der Waals surface area (Å²) in [6.45, 7) is 7.33. The fraction of sp³-hybridized carbons (Fsp3) is 0.583. The van der Waals surface area contributed by atoms with Crippen LogP contribution in [0.25, 0.3) is 0 Å². The molecule has 0 aliphatic carbocycles. The van der Waals surface area contributed by atoms with Crippen molar-refractivity contribution in [2.75, 3.05) is 0 Å². The van der Waals surface area contributed by atoms with Crippen molar-refractivity contribution in [1.82, 2.24) is 9.55 Å². The van der Waals surface area contributed by atoms with Gasteiger partial charge >= 0.3 is 0 Å². The maximum atomic E-state index is 5.65. The van der Waals surface area contributed by atoms with Gasteiger partial charge in [-0.05, 0) is 6.42 Å². The van der Waals surface area contributed by atoms with Gasteiger partial charge in [0.2, 0.25) is 0 Å². The molecule has 0 spiro atoms. The van der Waals surface area contributed by atoms with Crippen LogP contribution in [0.2, 0.25) is 0 Å². The average Bonchev–Trinajstić information content (AvgIpc) is 2.62. The van der Waals surface area contributed by atoms with Crippen LogP contribution in [0.5, 0.6) is 0 Å². The van der Waals surface area contributed by atoms with Crippen LogP contribution in [-0.2, 0) is 19.5 Å². The quantitative estimate of drug-likeness (QED) is 0.550. The lowest BCUT2D eigenvalue weighted by atomic mass is 10.2. The maximum absolute atomic E-state index is 5.65. The van der Waals surface area contributed by atoms with Crippen molar-refractivity contribution in [3.8, 4) is 0 Å². The number of unbranched alkanes of at least 4 members (excludes halogenated alkanes) is 2. The predicted molar refractivity (Wildman–Crippen MR) is 63.5 cm³/mol. The number of aromatic nitrogens is 2. The fourth-order valence-electron chi connectivity index (χ4n) is 1.70. The number of hydrogen-bond acceptors (Lipinski definition) is 2. The first kappa shape index (κ1) is 12.0. The second-order valence-corrected chi connectivity index (χ2v) is 3.73.